The zero-order chi connectivity index (χ0) is 36.9. The number of benzene rings is 2. The number of nitrogens with zero attached hydrogens (tertiary/aromatic N) is 5. The van der Waals surface area contributed by atoms with Crippen molar-refractivity contribution in [2.45, 2.75) is 142 Å². The van der Waals surface area contributed by atoms with Crippen LogP contribution in [-0.2, 0) is 0 Å². The lowest BCUT2D eigenvalue weighted by atomic mass is 9.19. The summed E-state index contributed by atoms with van der Waals surface area (Å²) < 4.78 is 0. The van der Waals surface area contributed by atoms with Crippen LogP contribution in [0.2, 0.25) is 17.5 Å². The van der Waals surface area contributed by atoms with Crippen molar-refractivity contribution in [3.63, 3.8) is 0 Å². The molecule has 0 bridgehead atoms. The molecule has 2 aliphatic carbocycles. The molecule has 0 radical (unpaired) electrons. The number of anilines is 2. The Balaban J connectivity index is 0.975. The van der Waals surface area contributed by atoms with Crippen LogP contribution in [0.5, 0.6) is 0 Å². The minimum atomic E-state index is 0.421. The molecular weight excluding hydrogens is 699 g/mol. The number of nitrogens with one attached hydrogen (secondary N) is 3. The number of para-hydroxylation sites is 2. The van der Waals surface area contributed by atoms with Crippen LogP contribution < -0.4 is 25.8 Å². The largest absolute Gasteiger partial charge is 0.351 e. The maximum absolute atomic E-state index is 5.19. The second-order valence-corrected chi connectivity index (χ2v) is 19.8. The monoisotopic (exact) mass is 756 g/mol. The summed E-state index contributed by atoms with van der Waals surface area (Å²) in [5.74, 6) is 6.41. The lowest BCUT2D eigenvalue weighted by molar-refractivity contribution is 0.0184. The lowest BCUT2D eigenvalue weighted by Gasteiger charge is -2.68. The van der Waals surface area contributed by atoms with E-state index in [0.717, 1.165) is 25.6 Å². The standard InChI is InChI=1S/C48H57BN8/c1-3-12-29(13-4-1)54-35-18-8-7-16-31(35)39-43-45-32(20-24-52-43)49-33-21-25-53-44-40-42-36(19-11-23-51-42)55(30-14-5-2-6-15-30)48(40)57(46(33)44)38-27-28(34-17-9-10-22-50-34)26-37(41(38)49)56(45)47(39)54/h1-6,9-10,12-15,17,22,28,31-33,35-38,41-46,51-53H,7-8,11,16,18-21,23-27H2. The molecule has 0 amide bonds. The van der Waals surface area contributed by atoms with Crippen molar-refractivity contribution in [2.24, 2.45) is 5.92 Å². The summed E-state index contributed by atoms with van der Waals surface area (Å²) in [6.45, 7) is 4.21. The molecule has 14 rings (SSSR count). The highest BCUT2D eigenvalue weighted by molar-refractivity contribution is 6.65. The summed E-state index contributed by atoms with van der Waals surface area (Å²) in [5.41, 5.74) is 7.64. The van der Waals surface area contributed by atoms with Crippen LogP contribution in [0, 0.1) is 5.92 Å². The molecule has 14 atom stereocenters. The predicted molar refractivity (Wildman–Crippen MR) is 227 cm³/mol. The average Bonchev–Trinajstić information content (AvgIpc) is 4.00. The molecule has 292 valence electrons. The van der Waals surface area contributed by atoms with Crippen molar-refractivity contribution in [2.75, 3.05) is 29.4 Å². The normalized spacial score (nSPS) is 42.0. The van der Waals surface area contributed by atoms with Crippen LogP contribution in [0.15, 0.2) is 108 Å². The van der Waals surface area contributed by atoms with Gasteiger partial charge in [0.05, 0.1) is 24.2 Å². The van der Waals surface area contributed by atoms with Crippen molar-refractivity contribution >= 4 is 18.1 Å². The molecule has 57 heavy (non-hydrogen) atoms. The van der Waals surface area contributed by atoms with Crippen LogP contribution in [0.25, 0.3) is 0 Å². The van der Waals surface area contributed by atoms with Gasteiger partial charge in [-0.2, -0.15) is 0 Å². The van der Waals surface area contributed by atoms with E-state index in [4.69, 9.17) is 4.98 Å². The van der Waals surface area contributed by atoms with Crippen LogP contribution >= 0.6 is 0 Å². The summed E-state index contributed by atoms with van der Waals surface area (Å²) in [6, 6.07) is 34.4. The number of hydrogen-bond acceptors (Lipinski definition) is 8. The molecule has 2 aromatic carbocycles. The van der Waals surface area contributed by atoms with Gasteiger partial charge in [-0.25, -0.2) is 0 Å². The van der Waals surface area contributed by atoms with Gasteiger partial charge in [-0.3, -0.25) is 4.98 Å². The number of hydrogen-bond donors (Lipinski definition) is 3. The number of fused-ring (bicyclic) bond motifs is 12. The molecule has 14 unspecified atom stereocenters. The van der Waals surface area contributed by atoms with Crippen molar-refractivity contribution in [3.05, 3.63) is 114 Å². The molecule has 7 fully saturated rings. The van der Waals surface area contributed by atoms with Crippen molar-refractivity contribution in [1.82, 2.24) is 30.7 Å². The highest BCUT2D eigenvalue weighted by Crippen LogP contribution is 2.68. The molecule has 11 aliphatic rings. The van der Waals surface area contributed by atoms with Gasteiger partial charge in [-0.15, -0.1) is 0 Å². The number of piperidine rings is 3. The van der Waals surface area contributed by atoms with Gasteiger partial charge in [0.2, 0.25) is 0 Å². The van der Waals surface area contributed by atoms with Gasteiger partial charge in [0, 0.05) is 70.9 Å². The van der Waals surface area contributed by atoms with E-state index < -0.39 is 0 Å². The van der Waals surface area contributed by atoms with E-state index in [1.165, 1.54) is 87.8 Å². The maximum atomic E-state index is 5.19. The summed E-state index contributed by atoms with van der Waals surface area (Å²) in [7, 11) is 0. The Labute approximate surface area is 338 Å². The van der Waals surface area contributed by atoms with Gasteiger partial charge in [0.25, 0.3) is 0 Å². The van der Waals surface area contributed by atoms with E-state index >= 15 is 0 Å². The Hall–Kier alpha value is -3.79. The fourth-order valence-electron chi connectivity index (χ4n) is 16.4. The highest BCUT2D eigenvalue weighted by atomic mass is 15.5. The molecule has 5 saturated heterocycles. The van der Waals surface area contributed by atoms with Gasteiger partial charge in [0.15, 0.2) is 6.71 Å². The highest BCUT2D eigenvalue weighted by Gasteiger charge is 2.72. The SMILES string of the molecule is c1ccc(N2C3=C(C4CCCCC42)C2NCCC4B5C6CCNC7C8=C(N(c9ccccc9)C9CCCNC89)N(C8CC(c9ccccn9)CC(C58)N3C42)C67)cc1. The summed E-state index contributed by atoms with van der Waals surface area (Å²) in [5, 5.41) is 12.7. The van der Waals surface area contributed by atoms with E-state index in [-0.39, 0.29) is 0 Å². The third-order valence-corrected chi connectivity index (χ3v) is 17.8. The Bertz CT molecular complexity index is 2000. The van der Waals surface area contributed by atoms with Crippen molar-refractivity contribution < 1.29 is 0 Å². The number of pyridine rings is 1. The fraction of sp³-hybridized carbons (Fsp3) is 0.562. The van der Waals surface area contributed by atoms with Gasteiger partial charge in [0.1, 0.15) is 11.6 Å². The fourth-order valence-corrected chi connectivity index (χ4v) is 16.4. The molecule has 8 nitrogen and oxygen atoms in total. The van der Waals surface area contributed by atoms with Crippen molar-refractivity contribution in [3.8, 4) is 0 Å². The Kier molecular flexibility index (Phi) is 7.18. The molecule has 3 aromatic rings. The summed E-state index contributed by atoms with van der Waals surface area (Å²) >= 11 is 0. The van der Waals surface area contributed by atoms with Gasteiger partial charge < -0.3 is 35.6 Å². The molecule has 1 aromatic heterocycles. The first-order valence-electron chi connectivity index (χ1n) is 23.2. The summed E-state index contributed by atoms with van der Waals surface area (Å²) in [4.78, 5) is 17.3. The predicted octanol–water partition coefficient (Wildman–Crippen LogP) is 6.56. The number of rotatable bonds is 3. The molecule has 0 spiro atoms. The van der Waals surface area contributed by atoms with Crippen LogP contribution in [-0.4, -0.2) is 95.5 Å². The Morgan fingerprint density at radius 1 is 0.544 bits per heavy atom. The second-order valence-electron chi connectivity index (χ2n) is 19.8. The first-order valence-corrected chi connectivity index (χ1v) is 23.2. The van der Waals surface area contributed by atoms with E-state index in [9.17, 15) is 0 Å². The van der Waals surface area contributed by atoms with Gasteiger partial charge in [-0.1, -0.05) is 55.3 Å². The molecule has 2 saturated carbocycles. The smallest absolute Gasteiger partial charge is 0.159 e. The van der Waals surface area contributed by atoms with Gasteiger partial charge in [-0.05, 0) is 130 Å². The van der Waals surface area contributed by atoms with Gasteiger partial charge >= 0.3 is 0 Å². The quantitative estimate of drug-likeness (QED) is 0.260. The zero-order valence-electron chi connectivity index (χ0n) is 33.2. The van der Waals surface area contributed by atoms with E-state index in [0.29, 0.717) is 77.8 Å². The summed E-state index contributed by atoms with van der Waals surface area (Å²) in [6.07, 6.45) is 15.0. The van der Waals surface area contributed by atoms with Crippen molar-refractivity contribution in [1.29, 1.82) is 0 Å². The first-order chi connectivity index (χ1) is 28.3. The molecule has 9 heteroatoms. The Morgan fingerprint density at radius 2 is 1.14 bits per heavy atom. The molecule has 10 heterocycles. The zero-order valence-corrected chi connectivity index (χ0v) is 33.2. The second kappa shape index (κ2) is 12.4. The lowest BCUT2D eigenvalue weighted by Crippen LogP contribution is -2.75. The van der Waals surface area contributed by atoms with Crippen LogP contribution in [0.1, 0.15) is 75.8 Å². The minimum absolute atomic E-state index is 0.421. The molecule has 9 aliphatic heterocycles. The third kappa shape index (κ3) is 4.34. The average molecular weight is 757 g/mol. The number of aromatic nitrogens is 1. The topological polar surface area (TPSA) is 61.9 Å². The van der Waals surface area contributed by atoms with Crippen LogP contribution in [0.3, 0.4) is 0 Å². The van der Waals surface area contributed by atoms with E-state index in [2.05, 4.69) is 121 Å². The Morgan fingerprint density at radius 3 is 1.82 bits per heavy atom. The first kappa shape index (κ1) is 33.1. The minimum Gasteiger partial charge on any atom is -0.351 e. The third-order valence-electron chi connectivity index (χ3n) is 17.8. The molecular formula is C48H57BN8. The molecule has 3 N–H and O–H groups in total. The maximum Gasteiger partial charge on any atom is 0.159 e. The van der Waals surface area contributed by atoms with E-state index in [1.807, 2.05) is 5.57 Å². The van der Waals surface area contributed by atoms with Crippen LogP contribution in [0.4, 0.5) is 11.4 Å². The van der Waals surface area contributed by atoms with E-state index in [1.54, 1.807) is 17.2 Å².